The highest BCUT2D eigenvalue weighted by Crippen LogP contribution is 2.15. The van der Waals surface area contributed by atoms with Gasteiger partial charge in [-0.05, 0) is 32.1 Å². The Bertz CT molecular complexity index is 844. The van der Waals surface area contributed by atoms with E-state index >= 15 is 0 Å². The molecule has 0 bridgehead atoms. The molecule has 0 aliphatic heterocycles. The average molecular weight is 672 g/mol. The molecule has 0 rings (SSSR count). The van der Waals surface area contributed by atoms with Gasteiger partial charge in [0.15, 0.2) is 0 Å². The highest BCUT2D eigenvalue weighted by molar-refractivity contribution is 7.85. The molecule has 46 heavy (non-hydrogen) atoms. The maximum Gasteiger partial charge on any atom is 0.267 e. The van der Waals surface area contributed by atoms with Crippen molar-refractivity contribution in [3.63, 3.8) is 0 Å². The number of unbranched alkanes of at least 4 members (excludes halogenated alkanes) is 23. The van der Waals surface area contributed by atoms with Crippen molar-refractivity contribution in [2.45, 2.75) is 205 Å². The van der Waals surface area contributed by atoms with Gasteiger partial charge < -0.3 is 15.5 Å². The third kappa shape index (κ3) is 31.4. The van der Waals surface area contributed by atoms with Crippen LogP contribution in [-0.4, -0.2) is 53.1 Å². The van der Waals surface area contributed by atoms with Gasteiger partial charge in [0.2, 0.25) is 5.91 Å². The van der Waals surface area contributed by atoms with E-state index in [9.17, 15) is 28.0 Å². The molecule has 0 radical (unpaired) electrons. The normalized spacial score (nSPS) is 14.3. The largest absolute Gasteiger partial charge is 0.387 e. The summed E-state index contributed by atoms with van der Waals surface area (Å²) in [5.41, 5.74) is 0. The number of aliphatic hydroxyl groups is 2. The Hall–Kier alpha value is -1.22. The Morgan fingerprint density at radius 2 is 0.978 bits per heavy atom. The molecule has 0 heterocycles. The summed E-state index contributed by atoms with van der Waals surface area (Å²) < 4.78 is 32.4. The van der Waals surface area contributed by atoms with Gasteiger partial charge in [-0.1, -0.05) is 179 Å². The lowest BCUT2D eigenvalue weighted by Gasteiger charge is -2.22. The molecule has 0 saturated heterocycles. The van der Waals surface area contributed by atoms with Gasteiger partial charge in [-0.3, -0.25) is 9.35 Å². The lowest BCUT2D eigenvalue weighted by Crippen LogP contribution is -2.50. The van der Waals surface area contributed by atoms with Crippen LogP contribution >= 0.6 is 0 Å². The molecule has 4 N–H and O–H groups in total. The summed E-state index contributed by atoms with van der Waals surface area (Å²) in [6.07, 6.45) is 36.7. The van der Waals surface area contributed by atoms with E-state index in [-0.39, 0.29) is 6.42 Å². The maximum absolute atomic E-state index is 12.5. The Morgan fingerprint density at radius 3 is 1.43 bits per heavy atom. The molecule has 3 unspecified atom stereocenters. The molecule has 0 fully saturated rings. The molecule has 0 spiro atoms. The summed E-state index contributed by atoms with van der Waals surface area (Å²) in [7, 11) is -4.44. The van der Waals surface area contributed by atoms with Crippen molar-refractivity contribution in [1.82, 2.24) is 5.32 Å². The fourth-order valence-corrected chi connectivity index (χ4v) is 6.50. The standard InChI is InChI=1S/C38H73NO6S/c1-3-5-7-9-11-13-15-17-18-19-20-21-23-25-27-29-31-33-37(41)38(42)39-35(34-46(43,44)45)36(40)32-30-28-26-24-22-16-14-12-10-8-6-4-2/h22,24,30,32,35-37,40-41H,3-21,23,25-29,31,33-34H2,1-2H3,(H,39,42)(H,43,44,45)/b24-22+,32-30+. The number of aliphatic hydroxyl groups excluding tert-OH is 2. The SMILES string of the molecule is CCCCCCCC/C=C/CC/C=C/C(O)C(CS(=O)(=O)O)NC(=O)C(O)CCCCCCCCCCCCCCCCCCC. The van der Waals surface area contributed by atoms with E-state index in [1.807, 2.05) is 0 Å². The molecule has 0 saturated carbocycles. The average Bonchev–Trinajstić information content (AvgIpc) is 3.01. The number of amides is 1. The van der Waals surface area contributed by atoms with Crippen molar-refractivity contribution in [3.05, 3.63) is 24.3 Å². The minimum absolute atomic E-state index is 0.278. The van der Waals surface area contributed by atoms with Crippen molar-refractivity contribution >= 4 is 16.0 Å². The first-order valence-electron chi connectivity index (χ1n) is 19.1. The summed E-state index contributed by atoms with van der Waals surface area (Å²) in [5, 5.41) is 23.3. The monoisotopic (exact) mass is 672 g/mol. The van der Waals surface area contributed by atoms with Crippen molar-refractivity contribution in [2.75, 3.05) is 5.75 Å². The van der Waals surface area contributed by atoms with Crippen LogP contribution in [0.4, 0.5) is 0 Å². The highest BCUT2D eigenvalue weighted by Gasteiger charge is 2.27. The van der Waals surface area contributed by atoms with Gasteiger partial charge in [0, 0.05) is 0 Å². The third-order valence-electron chi connectivity index (χ3n) is 8.74. The van der Waals surface area contributed by atoms with Crippen LogP contribution in [-0.2, 0) is 14.9 Å². The van der Waals surface area contributed by atoms with Crippen molar-refractivity contribution in [2.24, 2.45) is 0 Å². The maximum atomic E-state index is 12.5. The van der Waals surface area contributed by atoms with E-state index in [4.69, 9.17) is 0 Å². The van der Waals surface area contributed by atoms with E-state index in [2.05, 4.69) is 31.3 Å². The number of carbonyl (C=O) groups excluding carboxylic acids is 1. The summed E-state index contributed by atoms with van der Waals surface area (Å²) >= 11 is 0. The van der Waals surface area contributed by atoms with Gasteiger partial charge in [0.25, 0.3) is 10.1 Å². The fraction of sp³-hybridized carbons (Fsp3) is 0.868. The van der Waals surface area contributed by atoms with Crippen LogP contribution in [0.2, 0.25) is 0 Å². The van der Waals surface area contributed by atoms with Gasteiger partial charge in [0.1, 0.15) is 6.10 Å². The highest BCUT2D eigenvalue weighted by atomic mass is 32.2. The Morgan fingerprint density at radius 1 is 0.587 bits per heavy atom. The molecule has 0 aliphatic rings. The number of rotatable bonds is 34. The van der Waals surface area contributed by atoms with E-state index < -0.39 is 40.0 Å². The molecular formula is C38H73NO6S. The van der Waals surface area contributed by atoms with Gasteiger partial charge in [-0.2, -0.15) is 8.42 Å². The molecule has 0 aromatic carbocycles. The molecule has 8 heteroatoms. The Balaban J connectivity index is 4.07. The van der Waals surface area contributed by atoms with Gasteiger partial charge in [-0.15, -0.1) is 0 Å². The molecule has 0 aromatic heterocycles. The molecule has 272 valence electrons. The Labute approximate surface area is 284 Å². The summed E-state index contributed by atoms with van der Waals surface area (Å²) in [6, 6.07) is -1.24. The summed E-state index contributed by atoms with van der Waals surface area (Å²) in [4.78, 5) is 12.5. The quantitative estimate of drug-likeness (QED) is 0.0307. The first-order valence-corrected chi connectivity index (χ1v) is 20.8. The van der Waals surface area contributed by atoms with E-state index in [1.54, 1.807) is 6.08 Å². The molecule has 1 amide bonds. The first-order chi connectivity index (χ1) is 22.2. The lowest BCUT2D eigenvalue weighted by molar-refractivity contribution is -0.130. The third-order valence-corrected chi connectivity index (χ3v) is 9.52. The molecule has 7 nitrogen and oxygen atoms in total. The van der Waals surface area contributed by atoms with Crippen LogP contribution in [0.5, 0.6) is 0 Å². The van der Waals surface area contributed by atoms with Gasteiger partial charge in [-0.25, -0.2) is 0 Å². The van der Waals surface area contributed by atoms with E-state index in [1.165, 1.54) is 128 Å². The van der Waals surface area contributed by atoms with Gasteiger partial charge >= 0.3 is 0 Å². The minimum Gasteiger partial charge on any atom is -0.387 e. The smallest absolute Gasteiger partial charge is 0.267 e. The van der Waals surface area contributed by atoms with Crippen LogP contribution in [0.1, 0.15) is 187 Å². The molecule has 0 aromatic rings. The number of hydrogen-bond donors (Lipinski definition) is 4. The molecule has 3 atom stereocenters. The topological polar surface area (TPSA) is 124 Å². The van der Waals surface area contributed by atoms with Gasteiger partial charge in [0.05, 0.1) is 17.9 Å². The van der Waals surface area contributed by atoms with Crippen molar-refractivity contribution in [3.8, 4) is 0 Å². The van der Waals surface area contributed by atoms with Crippen LogP contribution in [0.3, 0.4) is 0 Å². The van der Waals surface area contributed by atoms with Crippen LogP contribution in [0.15, 0.2) is 24.3 Å². The number of hydrogen-bond acceptors (Lipinski definition) is 5. The second kappa shape index (κ2) is 32.3. The van der Waals surface area contributed by atoms with E-state index in [0.29, 0.717) is 12.8 Å². The molecule has 0 aliphatic carbocycles. The second-order valence-electron chi connectivity index (χ2n) is 13.3. The zero-order valence-corrected chi connectivity index (χ0v) is 30.6. The second-order valence-corrected chi connectivity index (χ2v) is 14.8. The lowest BCUT2D eigenvalue weighted by atomic mass is 10.0. The number of allylic oxidation sites excluding steroid dienone is 3. The summed E-state index contributed by atoms with van der Waals surface area (Å²) in [5.74, 6) is -1.55. The predicted octanol–water partition coefficient (Wildman–Crippen LogP) is 9.77. The summed E-state index contributed by atoms with van der Waals surface area (Å²) in [6.45, 7) is 4.48. The fourth-order valence-electron chi connectivity index (χ4n) is 5.77. The number of carbonyl (C=O) groups is 1. The van der Waals surface area contributed by atoms with Crippen LogP contribution in [0, 0.1) is 0 Å². The van der Waals surface area contributed by atoms with Crippen LogP contribution in [0.25, 0.3) is 0 Å². The predicted molar refractivity (Wildman–Crippen MR) is 195 cm³/mol. The van der Waals surface area contributed by atoms with Crippen LogP contribution < -0.4 is 5.32 Å². The van der Waals surface area contributed by atoms with E-state index in [0.717, 1.165) is 32.1 Å². The zero-order valence-electron chi connectivity index (χ0n) is 29.8. The zero-order chi connectivity index (χ0) is 34.1. The van der Waals surface area contributed by atoms with Crippen molar-refractivity contribution in [1.29, 1.82) is 0 Å². The Kier molecular flexibility index (Phi) is 31.5. The first kappa shape index (κ1) is 44.8. The minimum atomic E-state index is -4.44. The molecular weight excluding hydrogens is 598 g/mol. The number of nitrogens with one attached hydrogen (secondary N) is 1. The van der Waals surface area contributed by atoms with Crippen molar-refractivity contribution < 1.29 is 28.0 Å².